The minimum Gasteiger partial charge on any atom is -0.379 e. The Balaban J connectivity index is 0.000000766. The van der Waals surface area contributed by atoms with Gasteiger partial charge in [0.25, 0.3) is 0 Å². The minimum atomic E-state index is -1.45. The maximum absolute atomic E-state index is 11.2. The molecule has 6 rings (SSSR count). The average molecular weight is 835 g/mol. The molecule has 1 aliphatic heterocycles. The van der Waals surface area contributed by atoms with Gasteiger partial charge in [-0.05, 0) is 57.6 Å². The quantitative estimate of drug-likeness (QED) is 0.0202. The zero-order chi connectivity index (χ0) is 42.0. The summed E-state index contributed by atoms with van der Waals surface area (Å²) in [5.74, 6) is -0.202. The second-order valence-electron chi connectivity index (χ2n) is 12.3. The van der Waals surface area contributed by atoms with Gasteiger partial charge in [-0.15, -0.1) is 0 Å². The number of anilines is 1. The molecule has 14 nitrogen and oxygen atoms in total. The largest absolute Gasteiger partial charge is 0.379 e. The topological polar surface area (TPSA) is 222 Å². The molecule has 0 aliphatic carbocycles. The van der Waals surface area contributed by atoms with Gasteiger partial charge in [0, 0.05) is 59.4 Å². The maximum Gasteiger partial charge on any atom is 0.234 e. The Morgan fingerprint density at radius 1 is 0.847 bits per heavy atom. The molecule has 59 heavy (non-hydrogen) atoms. The fraction of sp³-hybridized carbons (Fsp3) is 0.318. The molecule has 2 heterocycles. The maximum atomic E-state index is 11.2. The molecule has 320 valence electrons. The number of halogens is 1. The fourth-order valence-electron chi connectivity index (χ4n) is 4.95. The number of ether oxygens (including phenoxy) is 1. The third-order valence-corrected chi connectivity index (χ3v) is 8.15. The Kier molecular flexibility index (Phi) is 27.9. The van der Waals surface area contributed by atoms with Gasteiger partial charge in [-0.3, -0.25) is 19.3 Å². The van der Waals surface area contributed by atoms with Crippen molar-refractivity contribution in [3.05, 3.63) is 138 Å². The zero-order valence-electron chi connectivity index (χ0n) is 33.4. The number of aliphatic hydroxyl groups is 4. The molecule has 0 bridgehead atoms. The third kappa shape index (κ3) is 20.7. The number of hydrogen-bond donors (Lipinski definition) is 6. The van der Waals surface area contributed by atoms with Crippen LogP contribution in [0.1, 0.15) is 74.4 Å². The van der Waals surface area contributed by atoms with Crippen LogP contribution in [-0.4, -0.2) is 92.1 Å². The van der Waals surface area contributed by atoms with Crippen LogP contribution < -0.4 is 11.0 Å². The van der Waals surface area contributed by atoms with Gasteiger partial charge in [0.1, 0.15) is 5.78 Å². The number of aryl methyl sites for hydroxylation is 1. The predicted molar refractivity (Wildman–Crippen MR) is 233 cm³/mol. The molecule has 0 saturated carbocycles. The number of likely N-dealkylation sites (N-methyl/N-ethyl adjacent to an activating group) is 1. The van der Waals surface area contributed by atoms with E-state index in [1.54, 1.807) is 67.6 Å². The van der Waals surface area contributed by atoms with Gasteiger partial charge in [-0.25, -0.2) is 14.5 Å². The van der Waals surface area contributed by atoms with Crippen LogP contribution in [0.5, 0.6) is 0 Å². The van der Waals surface area contributed by atoms with Crippen molar-refractivity contribution < 1.29 is 39.5 Å². The van der Waals surface area contributed by atoms with Crippen LogP contribution in [0.25, 0.3) is 16.9 Å². The number of carbonyl (C=O) groups excluding carboxylic acids is 3. The molecule has 8 N–H and O–H groups in total. The number of morpholine rings is 1. The highest BCUT2D eigenvalue weighted by Crippen LogP contribution is 2.24. The number of rotatable bonds is 10. The standard InChI is InChI=1S/C17H16N2O2.C10H10O2.C7H8ClNO2.C6H13NO.C3H5NO.CH4.H3N/c1-12-11-16(13-5-3-2-4-6-13)19(18-12)15-9-7-14(8-10-15)17(20)21;1-8(11)7-10(12)9-5-3-2-4-6-9;8-9-6-3-1-5(2-4-6)7(10)11;1-2-7-3-5-8-6-4-7;1-2-4-3-5;;/h2-11,17,20-21H,1H3;2-6H,7H2,1H3;1-4,7,9-11H;2-6H2,1H3;2H2,1H3;1H4;1H3. The van der Waals surface area contributed by atoms with E-state index in [0.29, 0.717) is 23.2 Å². The van der Waals surface area contributed by atoms with Crippen molar-refractivity contribution >= 4 is 35.1 Å². The van der Waals surface area contributed by atoms with Gasteiger partial charge in [0.15, 0.2) is 18.4 Å². The monoisotopic (exact) mass is 834 g/mol. The van der Waals surface area contributed by atoms with Gasteiger partial charge in [0.05, 0.1) is 36.7 Å². The van der Waals surface area contributed by atoms with Gasteiger partial charge < -0.3 is 31.3 Å². The van der Waals surface area contributed by atoms with E-state index in [2.05, 4.69) is 26.8 Å². The normalized spacial score (nSPS) is 11.4. The van der Waals surface area contributed by atoms with Crippen molar-refractivity contribution in [3.8, 4) is 16.9 Å². The summed E-state index contributed by atoms with van der Waals surface area (Å²) in [5, 5.41) is 40.2. The molecular formula is C44H59ClN6O8. The Hall–Kier alpha value is -5.38. The number of Topliss-reactive ketones (excluding diaryl/α,β-unsaturated/α-hetero) is 2. The van der Waals surface area contributed by atoms with Crippen LogP contribution in [0.2, 0.25) is 0 Å². The van der Waals surface area contributed by atoms with Crippen LogP contribution >= 0.6 is 11.8 Å². The zero-order valence-corrected chi connectivity index (χ0v) is 34.1. The second-order valence-corrected chi connectivity index (χ2v) is 12.5. The van der Waals surface area contributed by atoms with Crippen molar-refractivity contribution in [2.75, 3.05) is 44.2 Å². The number of nitrogens with zero attached hydrogens (tertiary/aromatic N) is 4. The number of nitrogens with one attached hydrogen (secondary N) is 1. The van der Waals surface area contributed by atoms with E-state index >= 15 is 0 Å². The first kappa shape index (κ1) is 53.6. The van der Waals surface area contributed by atoms with Crippen molar-refractivity contribution in [1.29, 1.82) is 0 Å². The van der Waals surface area contributed by atoms with Crippen LogP contribution in [0.4, 0.5) is 5.69 Å². The summed E-state index contributed by atoms with van der Waals surface area (Å²) in [5.41, 5.74) is 6.13. The van der Waals surface area contributed by atoms with E-state index in [0.717, 1.165) is 54.6 Å². The SMILES string of the molecule is C.CC(=O)CC(=O)c1ccccc1.CCN1CCOCC1.CCN=C=O.Cc1cc(-c2ccccc2)n(-c2ccc(C(O)O)cc2)n1.N.OC(O)c1ccc(NCl)cc1. The van der Waals surface area contributed by atoms with Gasteiger partial charge in [0.2, 0.25) is 6.08 Å². The molecule has 5 aromatic rings. The highest BCUT2D eigenvalue weighted by atomic mass is 35.5. The average Bonchev–Trinajstić information content (AvgIpc) is 3.64. The first-order valence-electron chi connectivity index (χ1n) is 18.3. The van der Waals surface area contributed by atoms with E-state index < -0.39 is 12.6 Å². The number of benzene rings is 4. The summed E-state index contributed by atoms with van der Waals surface area (Å²) in [4.78, 5) is 38.9. The third-order valence-electron chi connectivity index (χ3n) is 7.93. The molecule has 15 heteroatoms. The Bertz CT molecular complexity index is 1920. The summed E-state index contributed by atoms with van der Waals surface area (Å²) >= 11 is 5.28. The van der Waals surface area contributed by atoms with E-state index in [9.17, 15) is 9.59 Å². The lowest BCUT2D eigenvalue weighted by Gasteiger charge is -2.24. The lowest BCUT2D eigenvalue weighted by molar-refractivity contribution is -0.116. The lowest BCUT2D eigenvalue weighted by atomic mass is 10.1. The molecule has 1 aromatic heterocycles. The van der Waals surface area contributed by atoms with Gasteiger partial charge in [-0.1, -0.05) is 99.3 Å². The summed E-state index contributed by atoms with van der Waals surface area (Å²) in [6.07, 6.45) is -1.47. The lowest BCUT2D eigenvalue weighted by Crippen LogP contribution is -2.35. The molecular weight excluding hydrogens is 776 g/mol. The number of aromatic nitrogens is 2. The molecule has 4 aromatic carbocycles. The first-order chi connectivity index (χ1) is 27.4. The molecule has 0 amide bonds. The highest BCUT2D eigenvalue weighted by Gasteiger charge is 2.11. The molecule has 0 radical (unpaired) electrons. The number of isocyanates is 1. The molecule has 1 aliphatic rings. The van der Waals surface area contributed by atoms with Crippen LogP contribution in [0.15, 0.2) is 120 Å². The Morgan fingerprint density at radius 2 is 1.36 bits per heavy atom. The molecule has 1 fully saturated rings. The van der Waals surface area contributed by atoms with E-state index in [1.807, 2.05) is 66.2 Å². The first-order valence-corrected chi connectivity index (χ1v) is 18.6. The summed E-state index contributed by atoms with van der Waals surface area (Å²) in [6, 6.07) is 34.4. The Morgan fingerprint density at radius 3 is 1.76 bits per heavy atom. The number of carbonyl (C=O) groups is 2. The smallest absolute Gasteiger partial charge is 0.234 e. The van der Waals surface area contributed by atoms with Crippen molar-refractivity contribution in [3.63, 3.8) is 0 Å². The predicted octanol–water partition coefficient (Wildman–Crippen LogP) is 7.39. The van der Waals surface area contributed by atoms with Crippen LogP contribution in [-0.2, 0) is 14.3 Å². The number of ketones is 2. The van der Waals surface area contributed by atoms with Crippen LogP contribution in [0, 0.1) is 6.92 Å². The Labute approximate surface area is 352 Å². The summed E-state index contributed by atoms with van der Waals surface area (Å²) in [7, 11) is 0. The summed E-state index contributed by atoms with van der Waals surface area (Å²) < 4.78 is 7.02. The fourth-order valence-corrected chi connectivity index (χ4v) is 5.08. The second kappa shape index (κ2) is 30.7. The van der Waals surface area contributed by atoms with E-state index in [4.69, 9.17) is 41.7 Å². The van der Waals surface area contributed by atoms with Crippen molar-refractivity contribution in [2.45, 2.75) is 54.1 Å². The molecule has 1 saturated heterocycles. The van der Waals surface area contributed by atoms with E-state index in [1.165, 1.54) is 19.5 Å². The van der Waals surface area contributed by atoms with Crippen molar-refractivity contribution in [1.82, 2.24) is 20.8 Å². The molecule has 0 atom stereocenters. The van der Waals surface area contributed by atoms with Gasteiger partial charge in [-0.2, -0.15) is 5.10 Å². The minimum absolute atomic E-state index is 0. The molecule has 0 spiro atoms. The van der Waals surface area contributed by atoms with E-state index in [-0.39, 0.29) is 31.6 Å². The number of aliphatic hydroxyl groups excluding tert-OH is 2. The van der Waals surface area contributed by atoms with Crippen LogP contribution in [0.3, 0.4) is 0 Å². The molecule has 0 unspecified atom stereocenters. The van der Waals surface area contributed by atoms with Gasteiger partial charge >= 0.3 is 0 Å². The van der Waals surface area contributed by atoms with Crippen molar-refractivity contribution in [2.24, 2.45) is 4.99 Å². The number of aliphatic imine (C=N–C) groups is 1. The highest BCUT2D eigenvalue weighted by molar-refractivity contribution is 6.23. The summed E-state index contributed by atoms with van der Waals surface area (Å²) in [6.45, 7) is 13.1. The number of hydrogen-bond acceptors (Lipinski definition) is 13.